The monoisotopic (exact) mass is 838 g/mol. The largest absolute Gasteiger partial charge is 0.454 e. The van der Waals surface area contributed by atoms with E-state index >= 15 is 0 Å². The van der Waals surface area contributed by atoms with Crippen molar-refractivity contribution in [3.63, 3.8) is 0 Å². The van der Waals surface area contributed by atoms with Crippen molar-refractivity contribution in [1.29, 1.82) is 0 Å². The second-order valence-electron chi connectivity index (χ2n) is 17.3. The number of hydrogen-bond donors (Lipinski definition) is 0. The summed E-state index contributed by atoms with van der Waals surface area (Å²) in [6.45, 7) is 9.14. The van der Waals surface area contributed by atoms with E-state index in [0.717, 1.165) is 79.8 Å². The Morgan fingerprint density at radius 2 is 1.40 bits per heavy atom. The average molecular weight is 839 g/mol. The van der Waals surface area contributed by atoms with E-state index < -0.39 is 0 Å². The zero-order valence-corrected chi connectivity index (χ0v) is 36.9. The van der Waals surface area contributed by atoms with Crippen molar-refractivity contribution >= 4 is 61.4 Å². The van der Waals surface area contributed by atoms with E-state index in [1.807, 2.05) is 0 Å². The van der Waals surface area contributed by atoms with Crippen LogP contribution in [0.25, 0.3) is 66.9 Å². The van der Waals surface area contributed by atoms with Gasteiger partial charge in [0.15, 0.2) is 5.58 Å². The number of anilines is 2. The highest BCUT2D eigenvalue weighted by molar-refractivity contribution is 6.17. The fourth-order valence-electron chi connectivity index (χ4n) is 10.0. The van der Waals surface area contributed by atoms with Crippen LogP contribution in [0.3, 0.4) is 0 Å². The maximum absolute atomic E-state index is 6.94. The second kappa shape index (κ2) is 17.0. The van der Waals surface area contributed by atoms with E-state index in [9.17, 15) is 0 Å². The van der Waals surface area contributed by atoms with E-state index in [1.54, 1.807) is 0 Å². The normalized spacial score (nSPS) is 16.1. The highest BCUT2D eigenvalue weighted by Crippen LogP contribution is 2.47. The number of para-hydroxylation sites is 2. The summed E-state index contributed by atoms with van der Waals surface area (Å²) in [5.41, 5.74) is 18.1. The fraction of sp³-hybridized carbons (Fsp3) is 0.0968. The van der Waals surface area contributed by atoms with Gasteiger partial charge in [-0.25, -0.2) is 0 Å². The maximum atomic E-state index is 6.94. The van der Waals surface area contributed by atoms with E-state index in [0.29, 0.717) is 5.92 Å². The van der Waals surface area contributed by atoms with E-state index in [1.165, 1.54) is 38.9 Å². The van der Waals surface area contributed by atoms with E-state index in [2.05, 4.69) is 242 Å². The predicted molar refractivity (Wildman–Crippen MR) is 276 cm³/mol. The van der Waals surface area contributed by atoms with Crippen LogP contribution in [-0.4, -0.2) is 4.57 Å². The molecule has 2 atom stereocenters. The Balaban J connectivity index is 1.08. The van der Waals surface area contributed by atoms with E-state index in [4.69, 9.17) is 11.0 Å². The molecule has 2 heterocycles. The second-order valence-corrected chi connectivity index (χ2v) is 17.3. The minimum atomic E-state index is 0.209. The zero-order valence-electron chi connectivity index (χ0n) is 36.9. The third-order valence-electron chi connectivity index (χ3n) is 13.2. The summed E-state index contributed by atoms with van der Waals surface area (Å²) in [5, 5.41) is 3.57. The number of allylic oxidation sites excluding steroid dienone is 9. The molecule has 0 N–H and O–H groups in total. The molecular weight excluding hydrogens is 789 g/mol. The molecule has 0 spiro atoms. The Kier molecular flexibility index (Phi) is 10.4. The molecule has 2 aromatic heterocycles. The zero-order chi connectivity index (χ0) is 43.9. The predicted octanol–water partition coefficient (Wildman–Crippen LogP) is 16.8. The molecule has 11 rings (SSSR count). The molecule has 7 aromatic carbocycles. The number of fused-ring (bicyclic) bond motifs is 7. The van der Waals surface area contributed by atoms with Gasteiger partial charge in [-0.2, -0.15) is 0 Å². The van der Waals surface area contributed by atoms with Crippen LogP contribution >= 0.6 is 0 Å². The van der Waals surface area contributed by atoms with Gasteiger partial charge in [0.2, 0.25) is 0 Å². The van der Waals surface area contributed by atoms with Gasteiger partial charge >= 0.3 is 0 Å². The van der Waals surface area contributed by atoms with Gasteiger partial charge in [0.05, 0.1) is 11.2 Å². The summed E-state index contributed by atoms with van der Waals surface area (Å²) < 4.78 is 9.45. The molecule has 0 fully saturated rings. The minimum absolute atomic E-state index is 0.209. The number of aromatic nitrogens is 1. The number of benzene rings is 7. The quantitative estimate of drug-likeness (QED) is 0.128. The van der Waals surface area contributed by atoms with Crippen LogP contribution in [0.4, 0.5) is 11.4 Å². The molecule has 65 heavy (non-hydrogen) atoms. The molecule has 0 bridgehead atoms. The van der Waals surface area contributed by atoms with Crippen molar-refractivity contribution in [3.05, 3.63) is 253 Å². The lowest BCUT2D eigenvalue weighted by Crippen LogP contribution is -2.15. The summed E-state index contributed by atoms with van der Waals surface area (Å²) >= 11 is 0. The van der Waals surface area contributed by atoms with Gasteiger partial charge in [-0.05, 0) is 108 Å². The molecule has 0 saturated heterocycles. The van der Waals surface area contributed by atoms with Crippen molar-refractivity contribution in [2.24, 2.45) is 5.92 Å². The average Bonchev–Trinajstić information content (AvgIpc) is 3.91. The van der Waals surface area contributed by atoms with Crippen LogP contribution in [0.1, 0.15) is 54.1 Å². The Labute approximate surface area is 381 Å². The van der Waals surface area contributed by atoms with Gasteiger partial charge in [0.1, 0.15) is 5.58 Å². The Morgan fingerprint density at radius 3 is 2.14 bits per heavy atom. The van der Waals surface area contributed by atoms with Gasteiger partial charge < -0.3 is 13.9 Å². The first kappa shape index (κ1) is 39.9. The van der Waals surface area contributed by atoms with Crippen LogP contribution in [0, 0.1) is 5.92 Å². The maximum Gasteiger partial charge on any atom is 0.160 e. The van der Waals surface area contributed by atoms with E-state index in [-0.39, 0.29) is 5.92 Å². The molecule has 2 aliphatic carbocycles. The molecule has 3 heteroatoms. The van der Waals surface area contributed by atoms with Crippen molar-refractivity contribution in [3.8, 4) is 16.8 Å². The highest BCUT2D eigenvalue weighted by Gasteiger charge is 2.29. The lowest BCUT2D eigenvalue weighted by atomic mass is 9.84. The highest BCUT2D eigenvalue weighted by atomic mass is 16.3. The summed E-state index contributed by atoms with van der Waals surface area (Å²) in [6, 6.07) is 60.5. The number of hydrogen-bond acceptors (Lipinski definition) is 2. The number of rotatable bonds is 10. The van der Waals surface area contributed by atoms with Gasteiger partial charge in [0, 0.05) is 56.0 Å². The van der Waals surface area contributed by atoms with Crippen molar-refractivity contribution < 1.29 is 4.42 Å². The lowest BCUT2D eigenvalue weighted by molar-refractivity contribution is 0.667. The molecule has 2 unspecified atom stereocenters. The molecule has 314 valence electrons. The first-order valence-corrected chi connectivity index (χ1v) is 22.8. The Bertz CT molecular complexity index is 3390. The summed E-state index contributed by atoms with van der Waals surface area (Å²) in [5.74, 6) is 0.601. The molecule has 0 saturated carbocycles. The standard InChI is InChI=1S/C62H50N2O/c1-4-44(45-18-8-5-9-19-45)30-29-43(3)63(57-26-16-14-24-52(57)48-22-12-7-13-23-48)50-35-37-51(38-36-50)64-58-40-42(2)28-39-54(58)60-55(49-33-31-47(32-34-49)46-20-10-6-11-21-46)41-56-53-25-15-17-27-59(53)65-62(56)61(60)64/h4-33,35-39,41-42,49H,3,34,40H2,1-2H3/b30-29-,44-4+. The van der Waals surface area contributed by atoms with Gasteiger partial charge in [-0.1, -0.05) is 183 Å². The third-order valence-corrected chi connectivity index (χ3v) is 13.2. The van der Waals surface area contributed by atoms with Crippen LogP contribution in [-0.2, 0) is 6.42 Å². The molecule has 9 aromatic rings. The lowest BCUT2D eigenvalue weighted by Gasteiger charge is -2.28. The first-order chi connectivity index (χ1) is 32.0. The fourth-order valence-corrected chi connectivity index (χ4v) is 10.0. The molecule has 3 nitrogen and oxygen atoms in total. The first-order valence-electron chi connectivity index (χ1n) is 22.8. The molecule has 0 amide bonds. The summed E-state index contributed by atoms with van der Waals surface area (Å²) in [4.78, 5) is 2.29. The minimum Gasteiger partial charge on any atom is -0.454 e. The molecule has 2 aliphatic rings. The third kappa shape index (κ3) is 7.29. The molecule has 0 radical (unpaired) electrons. The SMILES string of the molecule is C=C(/C=C\C(=C/C)c1ccccc1)N(c1ccc(-n2c3c(c4c(C5C=CC(c6ccccc6)=CC5)cc5c6ccccc6oc5c42)C=CC(C)C3)cc1)c1ccccc1-c1ccccc1. The van der Waals surface area contributed by atoms with Crippen molar-refractivity contribution in [2.75, 3.05) is 4.90 Å². The summed E-state index contributed by atoms with van der Waals surface area (Å²) in [6.07, 6.45) is 20.2. The van der Waals surface area contributed by atoms with Crippen LogP contribution in [0.5, 0.6) is 0 Å². The summed E-state index contributed by atoms with van der Waals surface area (Å²) in [7, 11) is 0. The topological polar surface area (TPSA) is 21.3 Å². The molecular formula is C62H50N2O. The number of nitrogens with zero attached hydrogens (tertiary/aromatic N) is 2. The Morgan fingerprint density at radius 1 is 0.708 bits per heavy atom. The Hall–Kier alpha value is -7.88. The van der Waals surface area contributed by atoms with Crippen molar-refractivity contribution in [1.82, 2.24) is 4.57 Å². The number of furan rings is 1. The van der Waals surface area contributed by atoms with Crippen LogP contribution in [0.2, 0.25) is 0 Å². The van der Waals surface area contributed by atoms with Gasteiger partial charge in [-0.15, -0.1) is 0 Å². The van der Waals surface area contributed by atoms with Crippen LogP contribution < -0.4 is 4.90 Å². The van der Waals surface area contributed by atoms with Crippen molar-refractivity contribution in [2.45, 2.75) is 32.6 Å². The van der Waals surface area contributed by atoms with Gasteiger partial charge in [-0.3, -0.25) is 0 Å². The van der Waals surface area contributed by atoms with Gasteiger partial charge in [0.25, 0.3) is 0 Å². The molecule has 0 aliphatic heterocycles. The smallest absolute Gasteiger partial charge is 0.160 e. The van der Waals surface area contributed by atoms with Crippen LogP contribution in [0.15, 0.2) is 229 Å².